The van der Waals surface area contributed by atoms with Gasteiger partial charge in [-0.3, -0.25) is 0 Å². The van der Waals surface area contributed by atoms with Gasteiger partial charge in [0, 0.05) is 6.04 Å². The molecule has 0 heterocycles. The molecule has 3 unspecified atom stereocenters. The smallest absolute Gasteiger partial charge is 0.00667 e. The monoisotopic (exact) mass is 171 g/mol. The van der Waals surface area contributed by atoms with Crippen LogP contribution < -0.4 is 5.32 Å². The molecular weight excluding hydrogens is 146 g/mol. The van der Waals surface area contributed by atoms with E-state index in [0.717, 1.165) is 18.4 Å². The van der Waals surface area contributed by atoms with E-state index in [-0.39, 0.29) is 0 Å². The quantitative estimate of drug-likeness (QED) is 0.647. The van der Waals surface area contributed by atoms with Crippen LogP contribution in [0.1, 0.15) is 47.5 Å². The van der Waals surface area contributed by atoms with E-state index in [9.17, 15) is 0 Å². The predicted octanol–water partition coefficient (Wildman–Crippen LogP) is 3.06. The van der Waals surface area contributed by atoms with Crippen molar-refractivity contribution in [1.82, 2.24) is 5.32 Å². The van der Waals surface area contributed by atoms with Gasteiger partial charge in [0.1, 0.15) is 0 Å². The maximum atomic E-state index is 3.48. The summed E-state index contributed by atoms with van der Waals surface area (Å²) in [5.41, 5.74) is 0. The molecule has 0 aliphatic rings. The summed E-state index contributed by atoms with van der Waals surface area (Å²) < 4.78 is 0. The van der Waals surface area contributed by atoms with Gasteiger partial charge in [-0.2, -0.15) is 0 Å². The first-order chi connectivity index (χ1) is 5.63. The highest BCUT2D eigenvalue weighted by atomic mass is 14.9. The molecule has 1 nitrogen and oxygen atoms in total. The van der Waals surface area contributed by atoms with E-state index >= 15 is 0 Å². The summed E-state index contributed by atoms with van der Waals surface area (Å²) in [6.07, 6.45) is 2.67. The van der Waals surface area contributed by atoms with E-state index in [1.807, 2.05) is 0 Å². The molecule has 0 bridgehead atoms. The summed E-state index contributed by atoms with van der Waals surface area (Å²) in [6, 6.07) is 0.663. The van der Waals surface area contributed by atoms with Crippen LogP contribution >= 0.6 is 0 Å². The van der Waals surface area contributed by atoms with E-state index in [1.165, 1.54) is 12.8 Å². The minimum absolute atomic E-state index is 0.663. The van der Waals surface area contributed by atoms with E-state index in [0.29, 0.717) is 6.04 Å². The summed E-state index contributed by atoms with van der Waals surface area (Å²) in [5, 5.41) is 3.48. The lowest BCUT2D eigenvalue weighted by molar-refractivity contribution is 0.286. The Morgan fingerprint density at radius 2 is 1.67 bits per heavy atom. The molecule has 0 fully saturated rings. The van der Waals surface area contributed by atoms with E-state index in [4.69, 9.17) is 0 Å². The van der Waals surface area contributed by atoms with E-state index < -0.39 is 0 Å². The molecule has 0 aliphatic carbocycles. The largest absolute Gasteiger partial charge is 0.314 e. The molecule has 0 radical (unpaired) electrons. The van der Waals surface area contributed by atoms with Gasteiger partial charge in [-0.25, -0.2) is 0 Å². The van der Waals surface area contributed by atoms with Crippen LogP contribution in [0, 0.1) is 11.8 Å². The first-order valence-corrected chi connectivity index (χ1v) is 5.36. The van der Waals surface area contributed by atoms with E-state index in [1.54, 1.807) is 0 Å². The minimum Gasteiger partial charge on any atom is -0.314 e. The molecule has 0 amide bonds. The summed E-state index contributed by atoms with van der Waals surface area (Å²) in [5.74, 6) is 1.65. The van der Waals surface area contributed by atoms with Crippen molar-refractivity contribution < 1.29 is 0 Å². The standard InChI is InChI=1S/C11H25N/c1-6-8-9(3)10(4)11(5)12-7-2/h9-12H,6-8H2,1-5H3. The number of nitrogens with one attached hydrogen (secondary N) is 1. The maximum Gasteiger partial charge on any atom is 0.00667 e. The zero-order chi connectivity index (χ0) is 9.56. The van der Waals surface area contributed by atoms with Crippen LogP contribution in [0.4, 0.5) is 0 Å². The molecule has 0 aromatic carbocycles. The molecular formula is C11H25N. The van der Waals surface area contributed by atoms with Gasteiger partial charge in [-0.05, 0) is 25.3 Å². The van der Waals surface area contributed by atoms with Gasteiger partial charge in [0.15, 0.2) is 0 Å². The molecule has 1 N–H and O–H groups in total. The van der Waals surface area contributed by atoms with Gasteiger partial charge in [0.25, 0.3) is 0 Å². The van der Waals surface area contributed by atoms with Gasteiger partial charge < -0.3 is 5.32 Å². The Labute approximate surface area is 77.9 Å². The third-order valence-corrected chi connectivity index (χ3v) is 2.96. The Balaban J connectivity index is 3.73. The topological polar surface area (TPSA) is 12.0 Å². The highest BCUT2D eigenvalue weighted by Gasteiger charge is 2.16. The molecule has 0 rings (SSSR count). The Morgan fingerprint density at radius 3 is 2.08 bits per heavy atom. The van der Waals surface area contributed by atoms with Crippen molar-refractivity contribution in [2.75, 3.05) is 6.54 Å². The van der Waals surface area contributed by atoms with Crippen LogP contribution in [0.5, 0.6) is 0 Å². The normalized spacial score (nSPS) is 18.8. The van der Waals surface area contributed by atoms with Gasteiger partial charge in [0.05, 0.1) is 0 Å². The lowest BCUT2D eigenvalue weighted by Gasteiger charge is -2.26. The first kappa shape index (κ1) is 12.0. The van der Waals surface area contributed by atoms with Crippen molar-refractivity contribution in [2.24, 2.45) is 11.8 Å². The van der Waals surface area contributed by atoms with Gasteiger partial charge >= 0.3 is 0 Å². The summed E-state index contributed by atoms with van der Waals surface area (Å²) in [4.78, 5) is 0. The van der Waals surface area contributed by atoms with Crippen molar-refractivity contribution in [3.05, 3.63) is 0 Å². The van der Waals surface area contributed by atoms with Crippen molar-refractivity contribution in [1.29, 1.82) is 0 Å². The van der Waals surface area contributed by atoms with Crippen molar-refractivity contribution in [3.63, 3.8) is 0 Å². The fourth-order valence-electron chi connectivity index (χ4n) is 1.72. The molecule has 12 heavy (non-hydrogen) atoms. The van der Waals surface area contributed by atoms with Gasteiger partial charge in [0.2, 0.25) is 0 Å². The molecule has 0 aromatic rings. The molecule has 0 aliphatic heterocycles. The molecule has 74 valence electrons. The second kappa shape index (κ2) is 6.47. The highest BCUT2D eigenvalue weighted by Crippen LogP contribution is 2.19. The van der Waals surface area contributed by atoms with Gasteiger partial charge in [-0.1, -0.05) is 40.5 Å². The average Bonchev–Trinajstić information content (AvgIpc) is 2.04. The zero-order valence-corrected chi connectivity index (χ0v) is 9.35. The first-order valence-electron chi connectivity index (χ1n) is 5.36. The van der Waals surface area contributed by atoms with Crippen LogP contribution in [0.15, 0.2) is 0 Å². The van der Waals surface area contributed by atoms with Crippen LogP contribution in [-0.2, 0) is 0 Å². The highest BCUT2D eigenvalue weighted by molar-refractivity contribution is 4.72. The predicted molar refractivity (Wildman–Crippen MR) is 56.4 cm³/mol. The van der Waals surface area contributed by atoms with Crippen LogP contribution in [0.2, 0.25) is 0 Å². The van der Waals surface area contributed by atoms with Crippen LogP contribution in [0.3, 0.4) is 0 Å². The lowest BCUT2D eigenvalue weighted by atomic mass is 9.87. The average molecular weight is 171 g/mol. The van der Waals surface area contributed by atoms with E-state index in [2.05, 4.69) is 39.9 Å². The maximum absolute atomic E-state index is 3.48. The molecule has 0 saturated carbocycles. The fraction of sp³-hybridized carbons (Fsp3) is 1.00. The minimum atomic E-state index is 0.663. The Morgan fingerprint density at radius 1 is 1.08 bits per heavy atom. The lowest BCUT2D eigenvalue weighted by Crippen LogP contribution is -2.34. The van der Waals surface area contributed by atoms with Crippen LogP contribution in [-0.4, -0.2) is 12.6 Å². The second-order valence-electron chi connectivity index (χ2n) is 3.97. The molecule has 0 spiro atoms. The molecule has 0 saturated heterocycles. The SMILES string of the molecule is CCCC(C)C(C)C(C)NCC. The summed E-state index contributed by atoms with van der Waals surface area (Å²) in [7, 11) is 0. The molecule has 3 atom stereocenters. The number of hydrogen-bond acceptors (Lipinski definition) is 1. The fourth-order valence-corrected chi connectivity index (χ4v) is 1.72. The third kappa shape index (κ3) is 4.10. The number of rotatable bonds is 6. The Hall–Kier alpha value is -0.0400. The third-order valence-electron chi connectivity index (χ3n) is 2.96. The molecule has 0 aromatic heterocycles. The Kier molecular flexibility index (Phi) is 6.45. The van der Waals surface area contributed by atoms with Gasteiger partial charge in [-0.15, -0.1) is 0 Å². The summed E-state index contributed by atoms with van der Waals surface area (Å²) in [6.45, 7) is 12.5. The van der Waals surface area contributed by atoms with Crippen LogP contribution in [0.25, 0.3) is 0 Å². The molecule has 1 heteroatoms. The number of hydrogen-bond donors (Lipinski definition) is 1. The van der Waals surface area contributed by atoms with Crippen molar-refractivity contribution >= 4 is 0 Å². The van der Waals surface area contributed by atoms with Crippen molar-refractivity contribution in [2.45, 2.75) is 53.5 Å². The summed E-state index contributed by atoms with van der Waals surface area (Å²) >= 11 is 0. The second-order valence-corrected chi connectivity index (χ2v) is 3.97. The Bertz CT molecular complexity index is 89.2. The zero-order valence-electron chi connectivity index (χ0n) is 9.35. The van der Waals surface area contributed by atoms with Crippen molar-refractivity contribution in [3.8, 4) is 0 Å².